The number of halogens is 10. The predicted molar refractivity (Wildman–Crippen MR) is 50.1 cm³/mol. The Labute approximate surface area is 134 Å². The third-order valence-electron chi connectivity index (χ3n) is 1.98. The SMILES string of the molecule is Fc1[c-]c(F)c(F)c(F)c1F.Fc1[c-]c(F)c(F)c(F)c1F.[Zn+2]. The summed E-state index contributed by atoms with van der Waals surface area (Å²) in [6.07, 6.45) is 0. The van der Waals surface area contributed by atoms with Crippen LogP contribution in [0.2, 0.25) is 0 Å². The van der Waals surface area contributed by atoms with Crippen molar-refractivity contribution in [3.05, 3.63) is 70.3 Å². The van der Waals surface area contributed by atoms with E-state index in [1.807, 2.05) is 0 Å². The molecule has 120 valence electrons. The predicted octanol–water partition coefficient (Wildman–Crippen LogP) is 4.36. The van der Waals surface area contributed by atoms with Crippen LogP contribution >= 0.6 is 0 Å². The van der Waals surface area contributed by atoms with E-state index >= 15 is 0 Å². The molecule has 2 rings (SSSR count). The Kier molecular flexibility index (Phi) is 7.69. The van der Waals surface area contributed by atoms with Crippen LogP contribution in [0.25, 0.3) is 0 Å². The number of hydrogen-bond acceptors (Lipinski definition) is 0. The van der Waals surface area contributed by atoms with Crippen LogP contribution < -0.4 is 0 Å². The molecule has 2 aromatic rings. The van der Waals surface area contributed by atoms with E-state index in [0.29, 0.717) is 0 Å². The van der Waals surface area contributed by atoms with E-state index in [4.69, 9.17) is 0 Å². The largest absolute Gasteiger partial charge is 2.00 e. The van der Waals surface area contributed by atoms with E-state index in [1.54, 1.807) is 0 Å². The third kappa shape index (κ3) is 4.67. The first-order chi connectivity index (χ1) is 10.1. The Morgan fingerprint density at radius 1 is 0.348 bits per heavy atom. The van der Waals surface area contributed by atoms with Crippen LogP contribution in [-0.2, 0) is 19.5 Å². The molecule has 0 unspecified atom stereocenters. The summed E-state index contributed by atoms with van der Waals surface area (Å²) >= 11 is 0. The van der Waals surface area contributed by atoms with Crippen LogP contribution in [0.5, 0.6) is 0 Å². The quantitative estimate of drug-likeness (QED) is 0.203. The van der Waals surface area contributed by atoms with Crippen molar-refractivity contribution >= 4 is 0 Å². The molecule has 0 bridgehead atoms. The number of rotatable bonds is 0. The maximum atomic E-state index is 12.0. The normalized spacial score (nSPS) is 9.83. The molecule has 0 spiro atoms. The summed E-state index contributed by atoms with van der Waals surface area (Å²) in [7, 11) is 0. The second-order valence-electron chi connectivity index (χ2n) is 3.39. The van der Waals surface area contributed by atoms with Crippen LogP contribution in [0.4, 0.5) is 43.9 Å². The summed E-state index contributed by atoms with van der Waals surface area (Å²) < 4.78 is 120. The van der Waals surface area contributed by atoms with Crippen LogP contribution in [-0.4, -0.2) is 0 Å². The van der Waals surface area contributed by atoms with Gasteiger partial charge in [-0.15, -0.1) is 12.1 Å². The molecule has 0 nitrogen and oxygen atoms in total. The van der Waals surface area contributed by atoms with Crippen LogP contribution in [0.3, 0.4) is 0 Å². The van der Waals surface area contributed by atoms with Crippen LogP contribution in [0.15, 0.2) is 0 Å². The maximum Gasteiger partial charge on any atom is 2.00 e. The summed E-state index contributed by atoms with van der Waals surface area (Å²) in [6, 6.07) is 2.05. The number of hydrogen-bond donors (Lipinski definition) is 0. The van der Waals surface area contributed by atoms with Crippen molar-refractivity contribution in [3.8, 4) is 0 Å². The van der Waals surface area contributed by atoms with Crippen molar-refractivity contribution in [2.24, 2.45) is 0 Å². The van der Waals surface area contributed by atoms with Gasteiger partial charge in [-0.3, -0.25) is 17.6 Å². The molecule has 2 aromatic carbocycles. The molecule has 11 heteroatoms. The van der Waals surface area contributed by atoms with E-state index in [1.165, 1.54) is 0 Å². The molecule has 0 radical (unpaired) electrons. The Hall–Kier alpha value is -1.64. The molecular formula is C12F10Zn. The molecular weight excluding hydrogens is 400 g/mol. The molecule has 0 aliphatic heterocycles. The van der Waals surface area contributed by atoms with Crippen molar-refractivity contribution in [2.45, 2.75) is 0 Å². The molecule has 0 fully saturated rings. The second kappa shape index (κ2) is 8.28. The van der Waals surface area contributed by atoms with Gasteiger partial charge in [-0.2, -0.15) is 0 Å². The first kappa shape index (κ1) is 21.4. The fourth-order valence-electron chi connectivity index (χ4n) is 0.990. The van der Waals surface area contributed by atoms with Crippen LogP contribution in [0.1, 0.15) is 0 Å². The first-order valence-electron chi connectivity index (χ1n) is 4.89. The molecule has 0 N–H and O–H groups in total. The average molecular weight is 400 g/mol. The maximum absolute atomic E-state index is 12.0. The van der Waals surface area contributed by atoms with E-state index in [9.17, 15) is 43.9 Å². The molecule has 0 amide bonds. The van der Waals surface area contributed by atoms with Gasteiger partial charge in [0.05, 0.1) is 58.2 Å². The average Bonchev–Trinajstić information content (AvgIpc) is 2.47. The minimum absolute atomic E-state index is 0. The van der Waals surface area contributed by atoms with Gasteiger partial charge < -0.3 is 0 Å². The summed E-state index contributed by atoms with van der Waals surface area (Å²) in [5.41, 5.74) is 0. The van der Waals surface area contributed by atoms with Gasteiger partial charge in [-0.1, -0.05) is 0 Å². The Morgan fingerprint density at radius 3 is 0.696 bits per heavy atom. The molecule has 0 aliphatic rings. The fourth-order valence-corrected chi connectivity index (χ4v) is 0.990. The molecule has 0 saturated carbocycles. The monoisotopic (exact) mass is 398 g/mol. The van der Waals surface area contributed by atoms with Gasteiger partial charge in [0.1, 0.15) is 0 Å². The van der Waals surface area contributed by atoms with Crippen molar-refractivity contribution < 1.29 is 63.4 Å². The van der Waals surface area contributed by atoms with Crippen molar-refractivity contribution in [3.63, 3.8) is 0 Å². The smallest absolute Gasteiger partial charge is 0.278 e. The van der Waals surface area contributed by atoms with Gasteiger partial charge in [-0.25, -0.2) is 26.3 Å². The van der Waals surface area contributed by atoms with E-state index in [-0.39, 0.29) is 19.5 Å². The van der Waals surface area contributed by atoms with Gasteiger partial charge in [0.25, 0.3) is 0 Å². The summed E-state index contributed by atoms with van der Waals surface area (Å²) in [4.78, 5) is 0. The van der Waals surface area contributed by atoms with Gasteiger partial charge in [-0.05, 0) is 0 Å². The third-order valence-corrected chi connectivity index (χ3v) is 1.98. The fraction of sp³-hybridized carbons (Fsp3) is 0. The Morgan fingerprint density at radius 2 is 0.522 bits per heavy atom. The Bertz CT molecular complexity index is 602. The zero-order chi connectivity index (χ0) is 17.2. The van der Waals surface area contributed by atoms with Crippen molar-refractivity contribution in [1.82, 2.24) is 0 Å². The zero-order valence-corrected chi connectivity index (χ0v) is 13.5. The Balaban J connectivity index is 0.000000403. The molecule has 0 aromatic heterocycles. The van der Waals surface area contributed by atoms with Gasteiger partial charge in [0.2, 0.25) is 0 Å². The topological polar surface area (TPSA) is 0 Å². The zero-order valence-electron chi connectivity index (χ0n) is 10.5. The van der Waals surface area contributed by atoms with Gasteiger partial charge in [0.15, 0.2) is 0 Å². The summed E-state index contributed by atoms with van der Waals surface area (Å²) in [5.74, 6) is -20.1. The molecule has 0 atom stereocenters. The van der Waals surface area contributed by atoms with Crippen LogP contribution in [0, 0.1) is 70.3 Å². The van der Waals surface area contributed by atoms with E-state index < -0.39 is 58.2 Å². The van der Waals surface area contributed by atoms with Crippen molar-refractivity contribution in [1.29, 1.82) is 0 Å². The standard InChI is InChI=1S/2C6F5.Zn/c2*7-2-1-3(8)5(10)6(11)4(2)9;/q2*-1;+2. The summed E-state index contributed by atoms with van der Waals surface area (Å²) in [5, 5.41) is 0. The summed E-state index contributed by atoms with van der Waals surface area (Å²) in [6.45, 7) is 0. The van der Waals surface area contributed by atoms with Gasteiger partial charge >= 0.3 is 19.5 Å². The first-order valence-corrected chi connectivity index (χ1v) is 4.89. The van der Waals surface area contributed by atoms with Crippen molar-refractivity contribution in [2.75, 3.05) is 0 Å². The molecule has 0 heterocycles. The minimum Gasteiger partial charge on any atom is -0.278 e. The molecule has 0 saturated heterocycles. The molecule has 0 aliphatic carbocycles. The van der Waals surface area contributed by atoms with E-state index in [0.717, 1.165) is 12.1 Å². The second-order valence-corrected chi connectivity index (χ2v) is 3.39. The minimum atomic E-state index is -2.17. The van der Waals surface area contributed by atoms with E-state index in [2.05, 4.69) is 0 Å². The van der Waals surface area contributed by atoms with Gasteiger partial charge in [0, 0.05) is 0 Å². The number of benzene rings is 2. The molecule has 23 heavy (non-hydrogen) atoms.